The average molecular weight is 308 g/mol. The third-order valence-electron chi connectivity index (χ3n) is 3.84. The zero-order valence-corrected chi connectivity index (χ0v) is 14.6. The molecule has 0 radical (unpaired) electrons. The topological polar surface area (TPSA) is 55.1 Å². The van der Waals surface area contributed by atoms with Crippen LogP contribution in [0.25, 0.3) is 0 Å². The molecule has 0 aromatic heterocycles. The summed E-state index contributed by atoms with van der Waals surface area (Å²) >= 11 is 1.90. The summed E-state index contributed by atoms with van der Waals surface area (Å²) in [7, 11) is 0. The first-order valence-electron chi connectivity index (χ1n) is 7.63. The van der Waals surface area contributed by atoms with Crippen molar-refractivity contribution in [2.45, 2.75) is 58.1 Å². The minimum absolute atomic E-state index is 0.0962. The molecule has 2 unspecified atom stereocenters. The van der Waals surface area contributed by atoms with E-state index in [-0.39, 0.29) is 11.8 Å². The van der Waals surface area contributed by atoms with Crippen molar-refractivity contribution in [3.63, 3.8) is 0 Å². The maximum Gasteiger partial charge on any atom is 0.241 e. The molecular formula is C17H28N2OS. The lowest BCUT2D eigenvalue weighted by Gasteiger charge is -2.19. The van der Waals surface area contributed by atoms with Gasteiger partial charge in [0.15, 0.2) is 0 Å². The summed E-state index contributed by atoms with van der Waals surface area (Å²) < 4.78 is 0. The summed E-state index contributed by atoms with van der Waals surface area (Å²) in [6.45, 7) is 10.5. The number of benzene rings is 1. The molecule has 1 aromatic carbocycles. The van der Waals surface area contributed by atoms with Crippen LogP contribution in [-0.4, -0.2) is 17.2 Å². The predicted molar refractivity (Wildman–Crippen MR) is 93.7 cm³/mol. The molecule has 1 aromatic rings. The van der Waals surface area contributed by atoms with Gasteiger partial charge in [-0.3, -0.25) is 4.79 Å². The summed E-state index contributed by atoms with van der Waals surface area (Å²) in [6, 6.07) is 5.60. The quantitative estimate of drug-likeness (QED) is 0.802. The minimum atomic E-state index is -0.455. The second kappa shape index (κ2) is 8.44. The standard InChI is InChI=1S/C17H28N2OS/c1-6-12(4)16(18)17(20)19-15-9-7-8-14(13(15)5)10-21-11(2)3/h7-9,11-12,16H,6,10,18H2,1-5H3,(H,19,20). The molecule has 3 nitrogen and oxygen atoms in total. The molecule has 0 aliphatic heterocycles. The molecule has 0 aliphatic rings. The second-order valence-electron chi connectivity index (χ2n) is 5.85. The zero-order chi connectivity index (χ0) is 16.0. The Labute approximate surface area is 133 Å². The van der Waals surface area contributed by atoms with E-state index in [0.29, 0.717) is 5.25 Å². The number of rotatable bonds is 7. The van der Waals surface area contributed by atoms with E-state index in [1.165, 1.54) is 5.56 Å². The molecule has 0 aliphatic carbocycles. The largest absolute Gasteiger partial charge is 0.324 e. The molecule has 0 heterocycles. The molecule has 1 rings (SSSR count). The fraction of sp³-hybridized carbons (Fsp3) is 0.588. The number of hydrogen-bond donors (Lipinski definition) is 2. The Hall–Kier alpha value is -1.00. The molecule has 3 N–H and O–H groups in total. The lowest BCUT2D eigenvalue weighted by Crippen LogP contribution is -2.40. The minimum Gasteiger partial charge on any atom is -0.324 e. The van der Waals surface area contributed by atoms with Crippen LogP contribution in [0.1, 0.15) is 45.2 Å². The fourth-order valence-corrected chi connectivity index (χ4v) is 2.79. The molecule has 2 atom stereocenters. The van der Waals surface area contributed by atoms with Crippen molar-refractivity contribution in [1.82, 2.24) is 0 Å². The summed E-state index contributed by atoms with van der Waals surface area (Å²) in [5.74, 6) is 1.05. The molecule has 0 fully saturated rings. The van der Waals surface area contributed by atoms with Crippen molar-refractivity contribution < 1.29 is 4.79 Å². The van der Waals surface area contributed by atoms with Crippen LogP contribution in [0.15, 0.2) is 18.2 Å². The van der Waals surface area contributed by atoms with E-state index in [0.717, 1.165) is 23.4 Å². The van der Waals surface area contributed by atoms with Crippen molar-refractivity contribution >= 4 is 23.4 Å². The predicted octanol–water partition coefficient (Wildman–Crippen LogP) is 3.95. The summed E-state index contributed by atoms with van der Waals surface area (Å²) in [5.41, 5.74) is 9.27. The maximum absolute atomic E-state index is 12.2. The highest BCUT2D eigenvalue weighted by Crippen LogP contribution is 2.25. The van der Waals surface area contributed by atoms with Crippen LogP contribution in [0.4, 0.5) is 5.69 Å². The maximum atomic E-state index is 12.2. The van der Waals surface area contributed by atoms with E-state index in [2.05, 4.69) is 32.2 Å². The highest BCUT2D eigenvalue weighted by atomic mass is 32.2. The van der Waals surface area contributed by atoms with E-state index in [1.54, 1.807) is 0 Å². The first-order valence-corrected chi connectivity index (χ1v) is 8.68. The van der Waals surface area contributed by atoms with Crippen molar-refractivity contribution in [1.29, 1.82) is 0 Å². The van der Waals surface area contributed by atoms with Gasteiger partial charge >= 0.3 is 0 Å². The van der Waals surface area contributed by atoms with Gasteiger partial charge < -0.3 is 11.1 Å². The number of anilines is 1. The van der Waals surface area contributed by atoms with Gasteiger partial charge in [-0.2, -0.15) is 11.8 Å². The number of nitrogens with two attached hydrogens (primary N) is 1. The summed E-state index contributed by atoms with van der Waals surface area (Å²) in [4.78, 5) is 12.2. The third-order valence-corrected chi connectivity index (χ3v) is 4.98. The van der Waals surface area contributed by atoms with E-state index >= 15 is 0 Å². The molecule has 118 valence electrons. The second-order valence-corrected chi connectivity index (χ2v) is 7.41. The Morgan fingerprint density at radius 1 is 1.33 bits per heavy atom. The molecule has 0 spiro atoms. The highest BCUT2D eigenvalue weighted by Gasteiger charge is 2.20. The lowest BCUT2D eigenvalue weighted by molar-refractivity contribution is -0.118. The van der Waals surface area contributed by atoms with Crippen LogP contribution in [0.5, 0.6) is 0 Å². The fourth-order valence-electron chi connectivity index (χ4n) is 1.96. The number of carbonyl (C=O) groups excluding carboxylic acids is 1. The zero-order valence-electron chi connectivity index (χ0n) is 13.8. The average Bonchev–Trinajstić information content (AvgIpc) is 2.46. The Morgan fingerprint density at radius 3 is 2.57 bits per heavy atom. The number of amides is 1. The van der Waals surface area contributed by atoms with Crippen LogP contribution in [0, 0.1) is 12.8 Å². The first kappa shape index (κ1) is 18.1. The van der Waals surface area contributed by atoms with E-state index in [1.807, 2.05) is 37.7 Å². The van der Waals surface area contributed by atoms with Crippen molar-refractivity contribution in [2.24, 2.45) is 11.7 Å². The van der Waals surface area contributed by atoms with Gasteiger partial charge in [0.1, 0.15) is 0 Å². The van der Waals surface area contributed by atoms with Gasteiger partial charge in [-0.1, -0.05) is 46.2 Å². The van der Waals surface area contributed by atoms with Gasteiger partial charge in [-0.25, -0.2) is 0 Å². The Morgan fingerprint density at radius 2 is 2.00 bits per heavy atom. The Kier molecular flexibility index (Phi) is 7.26. The monoisotopic (exact) mass is 308 g/mol. The molecular weight excluding hydrogens is 280 g/mol. The molecule has 0 saturated heterocycles. The Balaban J connectivity index is 2.80. The smallest absolute Gasteiger partial charge is 0.241 e. The van der Waals surface area contributed by atoms with E-state index in [4.69, 9.17) is 5.73 Å². The number of hydrogen-bond acceptors (Lipinski definition) is 3. The van der Waals surface area contributed by atoms with Crippen LogP contribution >= 0.6 is 11.8 Å². The lowest BCUT2D eigenvalue weighted by atomic mass is 9.99. The van der Waals surface area contributed by atoms with Crippen molar-refractivity contribution in [3.05, 3.63) is 29.3 Å². The van der Waals surface area contributed by atoms with Gasteiger partial charge in [0.05, 0.1) is 6.04 Å². The summed E-state index contributed by atoms with van der Waals surface area (Å²) in [5, 5.41) is 3.58. The van der Waals surface area contributed by atoms with Crippen LogP contribution in [0.2, 0.25) is 0 Å². The van der Waals surface area contributed by atoms with Crippen molar-refractivity contribution in [2.75, 3.05) is 5.32 Å². The highest BCUT2D eigenvalue weighted by molar-refractivity contribution is 7.99. The van der Waals surface area contributed by atoms with Gasteiger partial charge in [-0.05, 0) is 35.3 Å². The molecule has 1 amide bonds. The third kappa shape index (κ3) is 5.36. The molecule has 0 bridgehead atoms. The van der Waals surface area contributed by atoms with Gasteiger partial charge in [0.2, 0.25) is 5.91 Å². The molecule has 21 heavy (non-hydrogen) atoms. The number of thioether (sulfide) groups is 1. The summed E-state index contributed by atoms with van der Waals surface area (Å²) in [6.07, 6.45) is 0.901. The number of nitrogens with one attached hydrogen (secondary N) is 1. The van der Waals surface area contributed by atoms with Crippen LogP contribution < -0.4 is 11.1 Å². The SMILES string of the molecule is CCC(C)C(N)C(=O)Nc1cccc(CSC(C)C)c1C. The normalized spacial score (nSPS) is 14.0. The first-order chi connectivity index (χ1) is 9.86. The molecule has 0 saturated carbocycles. The van der Waals surface area contributed by atoms with Crippen molar-refractivity contribution in [3.8, 4) is 0 Å². The van der Waals surface area contributed by atoms with Gasteiger partial charge in [-0.15, -0.1) is 0 Å². The van der Waals surface area contributed by atoms with Crippen LogP contribution in [-0.2, 0) is 10.5 Å². The molecule has 4 heteroatoms. The van der Waals surface area contributed by atoms with E-state index in [9.17, 15) is 4.79 Å². The number of carbonyl (C=O) groups is 1. The van der Waals surface area contributed by atoms with Gasteiger partial charge in [0, 0.05) is 11.4 Å². The Bertz CT molecular complexity index is 474. The van der Waals surface area contributed by atoms with Gasteiger partial charge in [0.25, 0.3) is 0 Å². The van der Waals surface area contributed by atoms with Crippen LogP contribution in [0.3, 0.4) is 0 Å². The van der Waals surface area contributed by atoms with E-state index < -0.39 is 6.04 Å².